The van der Waals surface area contributed by atoms with E-state index in [2.05, 4.69) is 119 Å². The van der Waals surface area contributed by atoms with Gasteiger partial charge in [0.05, 0.1) is 0 Å². The second-order valence-electron chi connectivity index (χ2n) is 9.71. The van der Waals surface area contributed by atoms with Crippen LogP contribution in [0.25, 0.3) is 12.2 Å². The molecule has 2 aliphatic heterocycles. The third-order valence-corrected chi connectivity index (χ3v) is 18.2. The van der Waals surface area contributed by atoms with Gasteiger partial charge in [-0.05, 0) is 0 Å². The van der Waals surface area contributed by atoms with Crippen LogP contribution in [0.4, 0.5) is 0 Å². The molecule has 0 aromatic heterocycles. The summed E-state index contributed by atoms with van der Waals surface area (Å²) >= 11 is 1.58. The van der Waals surface area contributed by atoms with Crippen molar-refractivity contribution in [2.75, 3.05) is 14.2 Å². The zero-order chi connectivity index (χ0) is 25.1. The first-order valence-electron chi connectivity index (χ1n) is 12.4. The first-order valence-corrected chi connectivity index (χ1v) is 18.5. The van der Waals surface area contributed by atoms with Gasteiger partial charge in [-0.1, -0.05) is 0 Å². The SMILES string of the molecule is C[O][Zr]([O]C)([C]1=Cc2cc3ccc2C1c1cccc(c1)S3)[C]1=Cc2cccc(Br)c2C1c1ccccc1. The predicted octanol–water partition coefficient (Wildman–Crippen LogP) is 8.86. The minimum absolute atomic E-state index is 0.0816. The molecule has 2 unspecified atom stereocenters. The average molecular weight is 645 g/mol. The van der Waals surface area contributed by atoms with Crippen molar-refractivity contribution in [3.63, 3.8) is 0 Å². The Morgan fingerprint density at radius 2 is 1.38 bits per heavy atom. The summed E-state index contributed by atoms with van der Waals surface area (Å²) in [6.45, 7) is 0. The second kappa shape index (κ2) is 9.33. The molecule has 0 saturated carbocycles. The molecule has 0 saturated heterocycles. The molecule has 2 nitrogen and oxygen atoms in total. The van der Waals surface area contributed by atoms with E-state index in [1.807, 2.05) is 26.0 Å². The Morgan fingerprint density at radius 3 is 2.19 bits per heavy atom. The van der Waals surface area contributed by atoms with Crippen molar-refractivity contribution in [2.45, 2.75) is 21.6 Å². The van der Waals surface area contributed by atoms with Crippen LogP contribution in [0.3, 0.4) is 0 Å². The summed E-state index contributed by atoms with van der Waals surface area (Å²) in [7, 11) is 3.73. The molecular formula is C32H25BrO2SZr. The molecule has 37 heavy (non-hydrogen) atoms. The molecule has 8 rings (SSSR count). The molecule has 182 valence electrons. The first-order chi connectivity index (χ1) is 18.1. The standard InChI is InChI=1S/C15H10Br.C15H9S.2CH3O.Zr/c16-14-8-4-7-12-9-10-13(15(12)14)11-5-2-1-3-6-11;1-2-10-8-12(3-1)16-13-5-7-15-11(9-13)4-6-14(10)15;2*1-2;/h1-9,13H;1-5,7-9,14H;2*1H3;/q;;2*-1;+2. The van der Waals surface area contributed by atoms with Crippen LogP contribution in [-0.4, -0.2) is 14.2 Å². The van der Waals surface area contributed by atoms with Gasteiger partial charge in [-0.2, -0.15) is 0 Å². The summed E-state index contributed by atoms with van der Waals surface area (Å²) in [5.74, 6) is 0.209. The van der Waals surface area contributed by atoms with Crippen LogP contribution in [0, 0.1) is 0 Å². The van der Waals surface area contributed by atoms with Crippen LogP contribution >= 0.6 is 27.7 Å². The zero-order valence-electron chi connectivity index (χ0n) is 20.6. The molecule has 0 N–H and O–H groups in total. The van der Waals surface area contributed by atoms with Gasteiger partial charge >= 0.3 is 238 Å². The fraction of sp³-hybridized carbons (Fsp3) is 0.125. The number of hydrogen-bond donors (Lipinski definition) is 0. The maximum absolute atomic E-state index is 6.74. The van der Waals surface area contributed by atoms with Crippen molar-refractivity contribution in [3.8, 4) is 0 Å². The third kappa shape index (κ3) is 3.70. The van der Waals surface area contributed by atoms with Crippen molar-refractivity contribution in [3.05, 3.63) is 135 Å². The number of rotatable bonds is 5. The van der Waals surface area contributed by atoms with Gasteiger partial charge < -0.3 is 0 Å². The van der Waals surface area contributed by atoms with Gasteiger partial charge in [0.1, 0.15) is 0 Å². The van der Waals surface area contributed by atoms with Crippen LogP contribution in [0.5, 0.6) is 0 Å². The Morgan fingerprint density at radius 1 is 0.676 bits per heavy atom. The Balaban J connectivity index is 1.47. The Labute approximate surface area is 236 Å². The van der Waals surface area contributed by atoms with Crippen LogP contribution in [-0.2, 0) is 26.8 Å². The zero-order valence-corrected chi connectivity index (χ0v) is 25.4. The average Bonchev–Trinajstić information content (AvgIpc) is 3.52. The fourth-order valence-corrected chi connectivity index (χ4v) is 16.6. The van der Waals surface area contributed by atoms with E-state index < -0.39 is 21.1 Å². The van der Waals surface area contributed by atoms with Crippen LogP contribution < -0.4 is 0 Å². The van der Waals surface area contributed by atoms with Gasteiger partial charge in [0.25, 0.3) is 0 Å². The molecule has 0 spiro atoms. The van der Waals surface area contributed by atoms with E-state index in [1.165, 1.54) is 49.7 Å². The topological polar surface area (TPSA) is 18.5 Å². The van der Waals surface area contributed by atoms with E-state index in [9.17, 15) is 0 Å². The van der Waals surface area contributed by atoms with Crippen molar-refractivity contribution in [2.24, 2.45) is 0 Å². The monoisotopic (exact) mass is 642 g/mol. The van der Waals surface area contributed by atoms with E-state index in [0.717, 1.165) is 4.47 Å². The number of fused-ring (bicyclic) bond motifs is 2. The molecule has 2 aliphatic carbocycles. The summed E-state index contributed by atoms with van der Waals surface area (Å²) in [5.41, 5.74) is 7.75. The first kappa shape index (κ1) is 24.1. The van der Waals surface area contributed by atoms with Gasteiger partial charge in [0, 0.05) is 0 Å². The summed E-state index contributed by atoms with van der Waals surface area (Å²) < 4.78 is 17.2. The van der Waals surface area contributed by atoms with Crippen molar-refractivity contribution in [1.29, 1.82) is 0 Å². The summed E-state index contributed by atoms with van der Waals surface area (Å²) in [6.07, 6.45) is 4.76. The molecule has 6 bridgehead atoms. The predicted molar refractivity (Wildman–Crippen MR) is 151 cm³/mol. The van der Waals surface area contributed by atoms with Crippen molar-refractivity contribution >= 4 is 39.8 Å². The molecule has 4 aromatic carbocycles. The Kier molecular flexibility index (Phi) is 6.06. The molecule has 0 fully saturated rings. The molecule has 5 heteroatoms. The Bertz CT molecular complexity index is 1610. The molecule has 0 radical (unpaired) electrons. The normalized spacial score (nSPS) is 19.1. The molecule has 4 aliphatic rings. The van der Waals surface area contributed by atoms with E-state index in [-0.39, 0.29) is 11.8 Å². The fourth-order valence-electron chi connectivity index (χ4n) is 6.35. The molecule has 2 atom stereocenters. The number of allylic oxidation sites excluding steroid dienone is 2. The van der Waals surface area contributed by atoms with E-state index in [4.69, 9.17) is 5.63 Å². The summed E-state index contributed by atoms with van der Waals surface area (Å²) in [5, 5.41) is 0. The summed E-state index contributed by atoms with van der Waals surface area (Å²) in [4.78, 5) is 2.54. The Hall–Kier alpha value is -2.01. The summed E-state index contributed by atoms with van der Waals surface area (Å²) in [6, 6.07) is 33.2. The molecule has 0 amide bonds. The molecule has 2 heterocycles. The van der Waals surface area contributed by atoms with Crippen LogP contribution in [0.2, 0.25) is 0 Å². The van der Waals surface area contributed by atoms with Crippen molar-refractivity contribution in [1.82, 2.24) is 0 Å². The third-order valence-electron chi connectivity index (χ3n) is 7.88. The second-order valence-corrected chi connectivity index (χ2v) is 19.6. The van der Waals surface area contributed by atoms with Gasteiger partial charge in [0.2, 0.25) is 0 Å². The van der Waals surface area contributed by atoms with E-state index in [1.54, 1.807) is 0 Å². The van der Waals surface area contributed by atoms with Crippen LogP contribution in [0.1, 0.15) is 45.2 Å². The maximum atomic E-state index is 6.74. The molecular weight excluding hydrogens is 620 g/mol. The molecule has 4 aromatic rings. The van der Waals surface area contributed by atoms with Gasteiger partial charge in [-0.15, -0.1) is 0 Å². The quantitative estimate of drug-likeness (QED) is 0.216. The number of halogens is 1. The van der Waals surface area contributed by atoms with Gasteiger partial charge in [-0.3, -0.25) is 0 Å². The van der Waals surface area contributed by atoms with Gasteiger partial charge in [-0.25, -0.2) is 0 Å². The number of hydrogen-bond acceptors (Lipinski definition) is 3. The van der Waals surface area contributed by atoms with Crippen LogP contribution in [0.15, 0.2) is 112 Å². The van der Waals surface area contributed by atoms with E-state index in [0.29, 0.717) is 0 Å². The van der Waals surface area contributed by atoms with Gasteiger partial charge in [0.15, 0.2) is 0 Å². The number of benzene rings is 4. The van der Waals surface area contributed by atoms with E-state index >= 15 is 0 Å². The van der Waals surface area contributed by atoms with Crippen molar-refractivity contribution < 1.29 is 26.8 Å². The minimum atomic E-state index is -4.14.